The molecule has 0 aromatic rings. The summed E-state index contributed by atoms with van der Waals surface area (Å²) < 4.78 is 0. The highest BCUT2D eigenvalue weighted by Crippen LogP contribution is 2.36. The third-order valence-corrected chi connectivity index (χ3v) is 5.50. The van der Waals surface area contributed by atoms with E-state index < -0.39 is 0 Å². The second-order valence-electron chi connectivity index (χ2n) is 6.01. The van der Waals surface area contributed by atoms with E-state index >= 15 is 0 Å². The molecule has 15 heavy (non-hydrogen) atoms. The number of hydrogen-bond donors (Lipinski definition) is 1. The van der Waals surface area contributed by atoms with Gasteiger partial charge in [-0.3, -0.25) is 0 Å². The van der Waals surface area contributed by atoms with E-state index in [0.29, 0.717) is 5.41 Å². The molecule has 0 radical (unpaired) electrons. The number of nitrogens with one attached hydrogen (secondary N) is 1. The Morgan fingerprint density at radius 1 is 1.33 bits per heavy atom. The fourth-order valence-corrected chi connectivity index (χ4v) is 4.22. The van der Waals surface area contributed by atoms with Crippen LogP contribution in [-0.2, 0) is 0 Å². The summed E-state index contributed by atoms with van der Waals surface area (Å²) in [5, 5.41) is 3.89. The highest BCUT2D eigenvalue weighted by Gasteiger charge is 2.35. The SMILES string of the molecule is CC(NC1CSCCC1(C)C)C1CCC1. The molecular weight excluding hydrogens is 202 g/mol. The summed E-state index contributed by atoms with van der Waals surface area (Å²) in [5.41, 5.74) is 0.503. The normalized spacial score (nSPS) is 33.4. The lowest BCUT2D eigenvalue weighted by molar-refractivity contribution is 0.175. The quantitative estimate of drug-likeness (QED) is 0.794. The third kappa shape index (κ3) is 2.71. The van der Waals surface area contributed by atoms with Crippen molar-refractivity contribution in [3.05, 3.63) is 0 Å². The molecule has 1 aliphatic heterocycles. The average molecular weight is 227 g/mol. The van der Waals surface area contributed by atoms with Gasteiger partial charge in [0.25, 0.3) is 0 Å². The Labute approximate surface area is 98.8 Å². The molecule has 0 aromatic heterocycles. The fraction of sp³-hybridized carbons (Fsp3) is 1.00. The summed E-state index contributed by atoms with van der Waals surface area (Å²) >= 11 is 2.12. The van der Waals surface area contributed by atoms with Gasteiger partial charge in [0.05, 0.1) is 0 Å². The summed E-state index contributed by atoms with van der Waals surface area (Å²) in [7, 11) is 0. The van der Waals surface area contributed by atoms with Gasteiger partial charge in [0, 0.05) is 17.8 Å². The highest BCUT2D eigenvalue weighted by molar-refractivity contribution is 7.99. The molecule has 1 saturated carbocycles. The van der Waals surface area contributed by atoms with Gasteiger partial charge in [-0.25, -0.2) is 0 Å². The molecule has 2 atom stereocenters. The minimum absolute atomic E-state index is 0.503. The fourth-order valence-electron chi connectivity index (χ4n) is 2.60. The first-order chi connectivity index (χ1) is 7.09. The first-order valence-corrected chi connectivity index (χ1v) is 7.59. The van der Waals surface area contributed by atoms with Crippen LogP contribution in [-0.4, -0.2) is 23.6 Å². The second kappa shape index (κ2) is 4.67. The summed E-state index contributed by atoms with van der Waals surface area (Å²) in [6.45, 7) is 7.24. The smallest absolute Gasteiger partial charge is 0.0212 e. The van der Waals surface area contributed by atoms with E-state index in [1.54, 1.807) is 0 Å². The molecule has 2 heteroatoms. The van der Waals surface area contributed by atoms with Crippen LogP contribution in [0.3, 0.4) is 0 Å². The Balaban J connectivity index is 1.85. The van der Waals surface area contributed by atoms with Crippen LogP contribution in [0.25, 0.3) is 0 Å². The van der Waals surface area contributed by atoms with Crippen LogP contribution in [0.1, 0.15) is 46.5 Å². The van der Waals surface area contributed by atoms with Crippen molar-refractivity contribution in [2.24, 2.45) is 11.3 Å². The topological polar surface area (TPSA) is 12.0 Å². The second-order valence-corrected chi connectivity index (χ2v) is 7.16. The van der Waals surface area contributed by atoms with Gasteiger partial charge in [0.15, 0.2) is 0 Å². The highest BCUT2D eigenvalue weighted by atomic mass is 32.2. The van der Waals surface area contributed by atoms with Crippen molar-refractivity contribution in [3.8, 4) is 0 Å². The minimum Gasteiger partial charge on any atom is -0.310 e. The number of thioether (sulfide) groups is 1. The maximum absolute atomic E-state index is 3.89. The molecule has 2 aliphatic rings. The van der Waals surface area contributed by atoms with Crippen molar-refractivity contribution in [2.75, 3.05) is 11.5 Å². The molecular formula is C13H25NS. The van der Waals surface area contributed by atoms with Gasteiger partial charge in [0.1, 0.15) is 0 Å². The van der Waals surface area contributed by atoms with Crippen LogP contribution in [0.2, 0.25) is 0 Å². The largest absolute Gasteiger partial charge is 0.310 e. The van der Waals surface area contributed by atoms with Crippen molar-refractivity contribution in [1.82, 2.24) is 5.32 Å². The van der Waals surface area contributed by atoms with Gasteiger partial charge >= 0.3 is 0 Å². The Bertz CT molecular complexity index is 211. The zero-order chi connectivity index (χ0) is 10.9. The Morgan fingerprint density at radius 3 is 2.60 bits per heavy atom. The zero-order valence-corrected chi connectivity index (χ0v) is 11.2. The molecule has 0 spiro atoms. The van der Waals surface area contributed by atoms with E-state index in [4.69, 9.17) is 0 Å². The predicted molar refractivity (Wildman–Crippen MR) is 69.4 cm³/mol. The van der Waals surface area contributed by atoms with Crippen molar-refractivity contribution in [1.29, 1.82) is 0 Å². The lowest BCUT2D eigenvalue weighted by Crippen LogP contribution is -2.52. The molecule has 1 N–H and O–H groups in total. The van der Waals surface area contributed by atoms with Crippen molar-refractivity contribution in [2.45, 2.75) is 58.5 Å². The Morgan fingerprint density at radius 2 is 2.07 bits per heavy atom. The molecule has 0 aromatic carbocycles. The predicted octanol–water partition coefficient (Wildman–Crippen LogP) is 3.30. The van der Waals surface area contributed by atoms with Gasteiger partial charge < -0.3 is 5.32 Å². The van der Waals surface area contributed by atoms with Crippen LogP contribution >= 0.6 is 11.8 Å². The Hall–Kier alpha value is 0.310. The maximum atomic E-state index is 3.89. The molecule has 1 heterocycles. The minimum atomic E-state index is 0.503. The number of hydrogen-bond acceptors (Lipinski definition) is 2. The van der Waals surface area contributed by atoms with Crippen LogP contribution in [0.15, 0.2) is 0 Å². The van der Waals surface area contributed by atoms with Gasteiger partial charge in [-0.15, -0.1) is 0 Å². The van der Waals surface area contributed by atoms with E-state index in [1.807, 2.05) is 0 Å². The molecule has 0 bridgehead atoms. The lowest BCUT2D eigenvalue weighted by Gasteiger charge is -2.43. The van der Waals surface area contributed by atoms with E-state index in [1.165, 1.54) is 37.2 Å². The van der Waals surface area contributed by atoms with Gasteiger partial charge in [-0.2, -0.15) is 11.8 Å². The van der Waals surface area contributed by atoms with Gasteiger partial charge in [-0.05, 0) is 43.3 Å². The van der Waals surface area contributed by atoms with Gasteiger partial charge in [-0.1, -0.05) is 20.3 Å². The van der Waals surface area contributed by atoms with E-state index in [9.17, 15) is 0 Å². The van der Waals surface area contributed by atoms with E-state index in [2.05, 4.69) is 37.8 Å². The summed E-state index contributed by atoms with van der Waals surface area (Å²) in [4.78, 5) is 0. The monoisotopic (exact) mass is 227 g/mol. The number of rotatable bonds is 3. The zero-order valence-electron chi connectivity index (χ0n) is 10.4. The third-order valence-electron chi connectivity index (χ3n) is 4.44. The molecule has 2 rings (SSSR count). The van der Waals surface area contributed by atoms with Crippen molar-refractivity contribution >= 4 is 11.8 Å². The Kier molecular flexibility index (Phi) is 3.67. The van der Waals surface area contributed by atoms with Crippen LogP contribution in [0.4, 0.5) is 0 Å². The van der Waals surface area contributed by atoms with Gasteiger partial charge in [0.2, 0.25) is 0 Å². The van der Waals surface area contributed by atoms with Crippen LogP contribution < -0.4 is 5.32 Å². The first kappa shape index (κ1) is 11.8. The first-order valence-electron chi connectivity index (χ1n) is 6.43. The van der Waals surface area contributed by atoms with Crippen molar-refractivity contribution in [3.63, 3.8) is 0 Å². The summed E-state index contributed by atoms with van der Waals surface area (Å²) in [6.07, 6.45) is 5.73. The van der Waals surface area contributed by atoms with E-state index in [-0.39, 0.29) is 0 Å². The lowest BCUT2D eigenvalue weighted by atomic mass is 9.77. The van der Waals surface area contributed by atoms with Crippen LogP contribution in [0.5, 0.6) is 0 Å². The molecule has 0 amide bonds. The molecule has 1 aliphatic carbocycles. The summed E-state index contributed by atoms with van der Waals surface area (Å²) in [6, 6.07) is 1.47. The average Bonchev–Trinajstić information content (AvgIpc) is 2.05. The molecule has 1 saturated heterocycles. The molecule has 2 fully saturated rings. The standard InChI is InChI=1S/C13H25NS/c1-10(11-5-4-6-11)14-12-9-15-8-7-13(12,2)3/h10-12,14H,4-9H2,1-3H3. The van der Waals surface area contributed by atoms with Crippen LogP contribution in [0, 0.1) is 11.3 Å². The van der Waals surface area contributed by atoms with E-state index in [0.717, 1.165) is 18.0 Å². The summed E-state index contributed by atoms with van der Waals surface area (Å²) in [5.74, 6) is 3.63. The van der Waals surface area contributed by atoms with Crippen molar-refractivity contribution < 1.29 is 0 Å². The molecule has 1 nitrogen and oxygen atoms in total. The maximum Gasteiger partial charge on any atom is 0.0212 e. The molecule has 88 valence electrons. The molecule has 2 unspecified atom stereocenters.